The van der Waals surface area contributed by atoms with Crippen molar-refractivity contribution in [3.8, 4) is 0 Å². The van der Waals surface area contributed by atoms with Crippen LogP contribution in [0.15, 0.2) is 47.6 Å². The Labute approximate surface area is 144 Å². The number of rotatable bonds is 4. The molecular formula is C17H17BrN2OS. The van der Waals surface area contributed by atoms with E-state index in [1.54, 1.807) is 0 Å². The van der Waals surface area contributed by atoms with Gasteiger partial charge >= 0.3 is 0 Å². The van der Waals surface area contributed by atoms with Crippen molar-refractivity contribution in [2.24, 2.45) is 0 Å². The highest BCUT2D eigenvalue weighted by atomic mass is 79.9. The van der Waals surface area contributed by atoms with E-state index < -0.39 is 0 Å². The van der Waals surface area contributed by atoms with E-state index in [0.717, 1.165) is 32.9 Å². The summed E-state index contributed by atoms with van der Waals surface area (Å²) in [4.78, 5) is 20.0. The Hall–Kier alpha value is -1.59. The van der Waals surface area contributed by atoms with Crippen molar-refractivity contribution < 1.29 is 4.79 Å². The van der Waals surface area contributed by atoms with Crippen LogP contribution in [0.1, 0.15) is 21.5 Å². The van der Waals surface area contributed by atoms with Gasteiger partial charge in [-0.2, -0.15) is 0 Å². The van der Waals surface area contributed by atoms with Crippen molar-refractivity contribution in [3.63, 3.8) is 0 Å². The maximum atomic E-state index is 12.3. The predicted molar refractivity (Wildman–Crippen MR) is 97.4 cm³/mol. The van der Waals surface area contributed by atoms with Gasteiger partial charge in [0.15, 0.2) is 10.9 Å². The first-order valence-corrected chi connectivity index (χ1v) is 7.80. The van der Waals surface area contributed by atoms with E-state index in [1.807, 2.05) is 56.3 Å². The lowest BCUT2D eigenvalue weighted by Gasteiger charge is -2.05. The van der Waals surface area contributed by atoms with Crippen LogP contribution >= 0.6 is 28.7 Å². The van der Waals surface area contributed by atoms with Gasteiger partial charge in [-0.05, 0) is 37.6 Å². The molecule has 0 amide bonds. The summed E-state index contributed by atoms with van der Waals surface area (Å²) in [5, 5.41) is 0.787. The van der Waals surface area contributed by atoms with E-state index in [2.05, 4.69) is 9.97 Å². The minimum atomic E-state index is 0. The topological polar surface area (TPSA) is 45.8 Å². The fourth-order valence-corrected chi connectivity index (χ4v) is 3.01. The largest absolute Gasteiger partial charge is 0.333 e. The van der Waals surface area contributed by atoms with E-state index >= 15 is 0 Å². The molecule has 0 aliphatic rings. The molecule has 0 unspecified atom stereocenters. The number of aromatic amines is 1. The normalized spacial score (nSPS) is 10.5. The number of hydrogen-bond donors (Lipinski definition) is 1. The van der Waals surface area contributed by atoms with Gasteiger partial charge in [-0.15, -0.1) is 17.0 Å². The van der Waals surface area contributed by atoms with Gasteiger partial charge in [0.05, 0.1) is 16.8 Å². The molecule has 0 bridgehead atoms. The molecule has 1 N–H and O–H groups in total. The standard InChI is InChI=1S/C17H16N2OS.BrH/c1-11-7-8-12(2)13(9-11)16(20)10-21-17-18-14-5-3-4-6-15(14)19-17;/h3-9H,10H2,1-2H3,(H,18,19);1H. The third kappa shape index (κ3) is 3.59. The Morgan fingerprint density at radius 2 is 1.95 bits per heavy atom. The van der Waals surface area contributed by atoms with Gasteiger partial charge in [0, 0.05) is 5.56 Å². The summed E-state index contributed by atoms with van der Waals surface area (Å²) in [7, 11) is 0. The molecule has 1 aromatic heterocycles. The SMILES string of the molecule is Br.Cc1ccc(C)c(C(=O)CSc2nc3ccccc3[nH]2)c1. The number of thioether (sulfide) groups is 1. The highest BCUT2D eigenvalue weighted by Crippen LogP contribution is 2.21. The lowest BCUT2D eigenvalue weighted by molar-refractivity contribution is 0.102. The zero-order valence-corrected chi connectivity index (χ0v) is 15.0. The second-order valence-electron chi connectivity index (χ2n) is 5.09. The first kappa shape index (κ1) is 16.8. The zero-order chi connectivity index (χ0) is 14.8. The Bertz CT molecular complexity index is 780. The average Bonchev–Trinajstić information content (AvgIpc) is 2.90. The molecule has 22 heavy (non-hydrogen) atoms. The lowest BCUT2D eigenvalue weighted by Crippen LogP contribution is -2.05. The van der Waals surface area contributed by atoms with E-state index in [1.165, 1.54) is 11.8 Å². The summed E-state index contributed by atoms with van der Waals surface area (Å²) < 4.78 is 0. The number of H-pyrrole nitrogens is 1. The molecule has 3 aromatic rings. The quantitative estimate of drug-likeness (QED) is 0.528. The number of carbonyl (C=O) groups excluding carboxylic acids is 1. The summed E-state index contributed by atoms with van der Waals surface area (Å²) in [6.07, 6.45) is 0. The van der Waals surface area contributed by atoms with E-state index in [4.69, 9.17) is 0 Å². The zero-order valence-electron chi connectivity index (χ0n) is 12.4. The number of halogens is 1. The molecule has 1 heterocycles. The van der Waals surface area contributed by atoms with Crippen molar-refractivity contribution in [1.29, 1.82) is 0 Å². The number of aromatic nitrogens is 2. The number of benzene rings is 2. The van der Waals surface area contributed by atoms with Gasteiger partial charge in [0.1, 0.15) is 0 Å². The second kappa shape index (κ2) is 7.11. The maximum absolute atomic E-state index is 12.3. The van der Waals surface area contributed by atoms with E-state index in [0.29, 0.717) is 5.75 Å². The molecule has 114 valence electrons. The fraction of sp³-hybridized carbons (Fsp3) is 0.176. The smallest absolute Gasteiger partial charge is 0.173 e. The Kier molecular flexibility index (Phi) is 5.42. The molecule has 3 nitrogen and oxygen atoms in total. The van der Waals surface area contributed by atoms with Crippen molar-refractivity contribution in [3.05, 3.63) is 59.2 Å². The molecule has 0 saturated heterocycles. The average molecular weight is 377 g/mol. The van der Waals surface area contributed by atoms with Crippen molar-refractivity contribution in [2.45, 2.75) is 19.0 Å². The number of hydrogen-bond acceptors (Lipinski definition) is 3. The minimum absolute atomic E-state index is 0. The Balaban J connectivity index is 0.00000176. The summed E-state index contributed by atoms with van der Waals surface area (Å²) in [6.45, 7) is 3.97. The minimum Gasteiger partial charge on any atom is -0.333 e. The molecule has 3 rings (SSSR count). The van der Waals surface area contributed by atoms with Crippen LogP contribution in [0.25, 0.3) is 11.0 Å². The van der Waals surface area contributed by atoms with Crippen LogP contribution in [0.2, 0.25) is 0 Å². The number of para-hydroxylation sites is 2. The van der Waals surface area contributed by atoms with Gasteiger partial charge in [0.2, 0.25) is 0 Å². The highest BCUT2D eigenvalue weighted by Gasteiger charge is 2.11. The highest BCUT2D eigenvalue weighted by molar-refractivity contribution is 8.93. The molecule has 0 radical (unpaired) electrons. The third-order valence-corrected chi connectivity index (χ3v) is 4.27. The molecule has 0 spiro atoms. The number of Topliss-reactive ketones (excluding diaryl/α,β-unsaturated/α-hetero) is 1. The van der Waals surface area contributed by atoms with Gasteiger partial charge in [-0.25, -0.2) is 4.98 Å². The number of aryl methyl sites for hydroxylation is 2. The number of fused-ring (bicyclic) bond motifs is 1. The van der Waals surface area contributed by atoms with Crippen LogP contribution in [0.4, 0.5) is 0 Å². The van der Waals surface area contributed by atoms with Crippen LogP contribution in [-0.4, -0.2) is 21.5 Å². The van der Waals surface area contributed by atoms with E-state index in [-0.39, 0.29) is 22.8 Å². The number of nitrogens with zero attached hydrogens (tertiary/aromatic N) is 1. The summed E-state index contributed by atoms with van der Waals surface area (Å²) in [6, 6.07) is 13.8. The molecule has 0 aliphatic carbocycles. The molecular weight excluding hydrogens is 360 g/mol. The van der Waals surface area contributed by atoms with Gasteiger partial charge in [-0.1, -0.05) is 41.6 Å². The summed E-state index contributed by atoms with van der Waals surface area (Å²) in [5.74, 6) is 0.533. The Morgan fingerprint density at radius 3 is 2.73 bits per heavy atom. The molecule has 5 heteroatoms. The van der Waals surface area contributed by atoms with Crippen LogP contribution in [-0.2, 0) is 0 Å². The first-order valence-electron chi connectivity index (χ1n) is 6.81. The number of nitrogens with one attached hydrogen (secondary N) is 1. The van der Waals surface area contributed by atoms with Gasteiger partial charge < -0.3 is 4.98 Å². The van der Waals surface area contributed by atoms with Gasteiger partial charge in [-0.3, -0.25) is 4.79 Å². The lowest BCUT2D eigenvalue weighted by atomic mass is 10.0. The second-order valence-corrected chi connectivity index (χ2v) is 6.05. The Morgan fingerprint density at radius 1 is 1.18 bits per heavy atom. The maximum Gasteiger partial charge on any atom is 0.173 e. The summed E-state index contributed by atoms with van der Waals surface area (Å²) >= 11 is 1.45. The van der Waals surface area contributed by atoms with Crippen LogP contribution < -0.4 is 0 Å². The van der Waals surface area contributed by atoms with Crippen LogP contribution in [0, 0.1) is 13.8 Å². The molecule has 0 aliphatic heterocycles. The van der Waals surface area contributed by atoms with Crippen molar-refractivity contribution >= 4 is 45.6 Å². The van der Waals surface area contributed by atoms with Crippen molar-refractivity contribution in [2.75, 3.05) is 5.75 Å². The molecule has 2 aromatic carbocycles. The van der Waals surface area contributed by atoms with E-state index in [9.17, 15) is 4.79 Å². The number of imidazole rings is 1. The fourth-order valence-electron chi connectivity index (χ4n) is 2.25. The van der Waals surface area contributed by atoms with Crippen molar-refractivity contribution in [1.82, 2.24) is 9.97 Å². The molecule has 0 atom stereocenters. The molecule has 0 fully saturated rings. The predicted octanol–water partition coefficient (Wildman–Crippen LogP) is 4.73. The van der Waals surface area contributed by atoms with Crippen LogP contribution in [0.3, 0.4) is 0 Å². The van der Waals surface area contributed by atoms with Gasteiger partial charge in [0.25, 0.3) is 0 Å². The van der Waals surface area contributed by atoms with Crippen LogP contribution in [0.5, 0.6) is 0 Å². The monoisotopic (exact) mass is 376 g/mol. The number of ketones is 1. The third-order valence-electron chi connectivity index (χ3n) is 3.40. The first-order chi connectivity index (χ1) is 10.1. The number of carbonyl (C=O) groups is 1. The summed E-state index contributed by atoms with van der Waals surface area (Å²) in [5.41, 5.74) is 4.87. The molecule has 0 saturated carbocycles.